The summed E-state index contributed by atoms with van der Waals surface area (Å²) in [6.45, 7) is 0.301. The third-order valence-corrected chi connectivity index (χ3v) is 5.91. The molecule has 180 valence electrons. The summed E-state index contributed by atoms with van der Waals surface area (Å²) in [5, 5.41) is 0. The SMILES string of the molecule is O=C1C2CC(CN2C(=O)c2ccccn2)Oc2ccccc2N1Cc1ccc(OC(F)(F)F)cc1. The van der Waals surface area contributed by atoms with Crippen LogP contribution in [-0.4, -0.2) is 46.8 Å². The van der Waals surface area contributed by atoms with Gasteiger partial charge >= 0.3 is 6.36 Å². The Morgan fingerprint density at radius 3 is 2.51 bits per heavy atom. The second kappa shape index (κ2) is 8.94. The van der Waals surface area contributed by atoms with Crippen molar-refractivity contribution in [3.63, 3.8) is 0 Å². The van der Waals surface area contributed by atoms with E-state index in [1.165, 1.54) is 40.3 Å². The maximum absolute atomic E-state index is 13.8. The highest BCUT2D eigenvalue weighted by atomic mass is 19.4. The Hall–Kier alpha value is -4.08. The van der Waals surface area contributed by atoms with Crippen molar-refractivity contribution >= 4 is 17.5 Å². The van der Waals surface area contributed by atoms with Crippen molar-refractivity contribution in [2.75, 3.05) is 11.4 Å². The van der Waals surface area contributed by atoms with Crippen LogP contribution in [0, 0.1) is 0 Å². The molecule has 10 heteroatoms. The molecule has 1 fully saturated rings. The largest absolute Gasteiger partial charge is 0.573 e. The Labute approximate surface area is 198 Å². The van der Waals surface area contributed by atoms with Crippen LogP contribution in [0.1, 0.15) is 22.5 Å². The lowest BCUT2D eigenvalue weighted by Gasteiger charge is -2.31. The van der Waals surface area contributed by atoms with Gasteiger partial charge in [-0.3, -0.25) is 14.6 Å². The Kier molecular flexibility index (Phi) is 5.80. The van der Waals surface area contributed by atoms with Gasteiger partial charge in [-0.2, -0.15) is 0 Å². The number of fused-ring (bicyclic) bond motifs is 3. The summed E-state index contributed by atoms with van der Waals surface area (Å²) in [6.07, 6.45) is -3.32. The van der Waals surface area contributed by atoms with Crippen molar-refractivity contribution in [1.82, 2.24) is 9.88 Å². The summed E-state index contributed by atoms with van der Waals surface area (Å²) in [7, 11) is 0. The van der Waals surface area contributed by atoms with Crippen LogP contribution >= 0.6 is 0 Å². The number of rotatable bonds is 4. The van der Waals surface area contributed by atoms with Crippen LogP contribution in [0.25, 0.3) is 0 Å². The predicted molar refractivity (Wildman–Crippen MR) is 119 cm³/mol. The topological polar surface area (TPSA) is 72.0 Å². The lowest BCUT2D eigenvalue weighted by Crippen LogP contribution is -2.48. The van der Waals surface area contributed by atoms with E-state index in [2.05, 4.69) is 9.72 Å². The van der Waals surface area contributed by atoms with Crippen molar-refractivity contribution in [2.45, 2.75) is 31.5 Å². The van der Waals surface area contributed by atoms with E-state index in [1.54, 1.807) is 42.5 Å². The van der Waals surface area contributed by atoms with E-state index >= 15 is 0 Å². The number of benzene rings is 2. The molecule has 3 heterocycles. The number of anilines is 1. The fourth-order valence-electron chi connectivity index (χ4n) is 4.38. The zero-order valence-corrected chi connectivity index (χ0v) is 18.3. The van der Waals surface area contributed by atoms with Crippen molar-refractivity contribution in [1.29, 1.82) is 0 Å². The third kappa shape index (κ3) is 4.77. The number of hydrogen-bond acceptors (Lipinski definition) is 5. The van der Waals surface area contributed by atoms with Crippen LogP contribution in [0.5, 0.6) is 11.5 Å². The molecule has 1 aromatic heterocycles. The average Bonchev–Trinajstić information content (AvgIpc) is 3.27. The number of alkyl halides is 3. The van der Waals surface area contributed by atoms with Crippen molar-refractivity contribution in [3.8, 4) is 11.5 Å². The molecular formula is C25H20F3N3O4. The summed E-state index contributed by atoms with van der Waals surface area (Å²) in [5.74, 6) is -0.527. The highest BCUT2D eigenvalue weighted by Crippen LogP contribution is 2.37. The Morgan fingerprint density at radius 1 is 1.06 bits per heavy atom. The standard InChI is InChI=1S/C25H20F3N3O4/c26-25(27,28)35-17-10-8-16(9-11-17)14-30-20-6-1-2-7-22(20)34-18-13-21(24(30)33)31(15-18)23(32)19-5-3-4-12-29-19/h1-12,18,21H,13-15H2. The van der Waals surface area contributed by atoms with Gasteiger partial charge in [-0.25, -0.2) is 0 Å². The van der Waals surface area contributed by atoms with Crippen LogP contribution in [0.2, 0.25) is 0 Å². The van der Waals surface area contributed by atoms with Crippen molar-refractivity contribution in [3.05, 3.63) is 84.2 Å². The second-order valence-corrected chi connectivity index (χ2v) is 8.25. The van der Waals surface area contributed by atoms with Gasteiger partial charge < -0.3 is 19.3 Å². The molecule has 0 N–H and O–H groups in total. The molecule has 2 amide bonds. The third-order valence-electron chi connectivity index (χ3n) is 5.91. The summed E-state index contributed by atoms with van der Waals surface area (Å²) in [5.41, 5.74) is 1.34. The monoisotopic (exact) mass is 483 g/mol. The summed E-state index contributed by atoms with van der Waals surface area (Å²) >= 11 is 0. The molecule has 2 atom stereocenters. The van der Waals surface area contributed by atoms with Crippen molar-refractivity contribution in [2.24, 2.45) is 0 Å². The van der Waals surface area contributed by atoms with E-state index in [0.717, 1.165) is 0 Å². The fraction of sp³-hybridized carbons (Fsp3) is 0.240. The highest BCUT2D eigenvalue weighted by Gasteiger charge is 2.45. The molecule has 0 saturated carbocycles. The number of nitrogens with zero attached hydrogens (tertiary/aromatic N) is 3. The summed E-state index contributed by atoms with van der Waals surface area (Å²) in [6, 6.07) is 16.6. The molecule has 1 saturated heterocycles. The first kappa shape index (κ1) is 22.7. The van der Waals surface area contributed by atoms with Crippen LogP contribution in [0.3, 0.4) is 0 Å². The average molecular weight is 483 g/mol. The summed E-state index contributed by atoms with van der Waals surface area (Å²) in [4.78, 5) is 34.1. The molecule has 5 rings (SSSR count). The first-order valence-electron chi connectivity index (χ1n) is 10.9. The van der Waals surface area contributed by atoms with E-state index in [0.29, 0.717) is 23.4 Å². The Balaban J connectivity index is 1.46. The van der Waals surface area contributed by atoms with E-state index < -0.39 is 12.4 Å². The number of aromatic nitrogens is 1. The van der Waals surface area contributed by atoms with Gasteiger partial charge in [0, 0.05) is 12.6 Å². The lowest BCUT2D eigenvalue weighted by atomic mass is 10.1. The van der Waals surface area contributed by atoms with Crippen LogP contribution in [0.4, 0.5) is 18.9 Å². The smallest absolute Gasteiger partial charge is 0.486 e. The molecule has 0 aliphatic carbocycles. The van der Waals surface area contributed by atoms with Gasteiger partial charge in [-0.05, 0) is 42.0 Å². The van der Waals surface area contributed by atoms with Gasteiger partial charge in [0.15, 0.2) is 0 Å². The predicted octanol–water partition coefficient (Wildman–Crippen LogP) is 4.19. The molecule has 35 heavy (non-hydrogen) atoms. The number of halogens is 3. The quantitative estimate of drug-likeness (QED) is 0.557. The molecule has 0 spiro atoms. The first-order chi connectivity index (χ1) is 16.8. The lowest BCUT2D eigenvalue weighted by molar-refractivity contribution is -0.274. The fourth-order valence-corrected chi connectivity index (χ4v) is 4.38. The Morgan fingerprint density at radius 2 is 1.80 bits per heavy atom. The molecule has 7 nitrogen and oxygen atoms in total. The van der Waals surface area contributed by atoms with E-state index in [4.69, 9.17) is 4.74 Å². The molecule has 2 aliphatic heterocycles. The molecule has 0 radical (unpaired) electrons. The number of para-hydroxylation sites is 2. The van der Waals surface area contributed by atoms with E-state index in [9.17, 15) is 22.8 Å². The van der Waals surface area contributed by atoms with E-state index in [-0.39, 0.29) is 42.5 Å². The number of likely N-dealkylation sites (tertiary alicyclic amines) is 1. The number of pyridine rings is 1. The van der Waals surface area contributed by atoms with Crippen LogP contribution < -0.4 is 14.4 Å². The van der Waals surface area contributed by atoms with Gasteiger partial charge in [0.2, 0.25) is 5.91 Å². The molecular weight excluding hydrogens is 463 g/mol. The molecule has 2 unspecified atom stereocenters. The van der Waals surface area contributed by atoms with Gasteiger partial charge in [0.1, 0.15) is 29.3 Å². The Bertz CT molecular complexity index is 1230. The number of amides is 2. The van der Waals surface area contributed by atoms with Gasteiger partial charge in [-0.1, -0.05) is 30.3 Å². The number of hydrogen-bond donors (Lipinski definition) is 0. The number of carbonyl (C=O) groups excluding carboxylic acids is 2. The maximum Gasteiger partial charge on any atom is 0.573 e. The minimum atomic E-state index is -4.79. The van der Waals surface area contributed by atoms with Gasteiger partial charge in [0.25, 0.3) is 5.91 Å². The molecule has 2 aliphatic rings. The maximum atomic E-state index is 13.8. The zero-order valence-electron chi connectivity index (χ0n) is 18.3. The number of ether oxygens (including phenoxy) is 2. The van der Waals surface area contributed by atoms with Crippen LogP contribution in [0.15, 0.2) is 72.9 Å². The zero-order chi connectivity index (χ0) is 24.6. The minimum absolute atomic E-state index is 0.0677. The van der Waals surface area contributed by atoms with Gasteiger partial charge in [-0.15, -0.1) is 13.2 Å². The highest BCUT2D eigenvalue weighted by molar-refractivity contribution is 6.03. The number of carbonyl (C=O) groups is 2. The minimum Gasteiger partial charge on any atom is -0.486 e. The molecule has 3 aromatic rings. The molecule has 2 aromatic carbocycles. The summed E-state index contributed by atoms with van der Waals surface area (Å²) < 4.78 is 47.6. The van der Waals surface area contributed by atoms with E-state index in [1.807, 2.05) is 0 Å². The first-order valence-corrected chi connectivity index (χ1v) is 10.9. The molecule has 2 bridgehead atoms. The van der Waals surface area contributed by atoms with Gasteiger partial charge in [0.05, 0.1) is 18.8 Å². The van der Waals surface area contributed by atoms with Crippen LogP contribution in [-0.2, 0) is 11.3 Å². The van der Waals surface area contributed by atoms with Crippen molar-refractivity contribution < 1.29 is 32.2 Å². The second-order valence-electron chi connectivity index (χ2n) is 8.25. The normalized spacial score (nSPS) is 19.5.